The van der Waals surface area contributed by atoms with Crippen LogP contribution < -0.4 is 14.2 Å². The van der Waals surface area contributed by atoms with Crippen molar-refractivity contribution in [2.75, 3.05) is 21.3 Å². The first-order chi connectivity index (χ1) is 30.9. The first kappa shape index (κ1) is 56.8. The molecule has 11 atom stereocenters. The molecule has 1 saturated heterocycles. The van der Waals surface area contributed by atoms with Crippen molar-refractivity contribution in [3.63, 3.8) is 0 Å². The van der Waals surface area contributed by atoms with Gasteiger partial charge < -0.3 is 42.4 Å². The van der Waals surface area contributed by atoms with Gasteiger partial charge >= 0.3 is 0 Å². The van der Waals surface area contributed by atoms with Crippen molar-refractivity contribution < 1.29 is 42.4 Å². The van der Waals surface area contributed by atoms with Crippen molar-refractivity contribution >= 4 is 16.6 Å². The summed E-state index contributed by atoms with van der Waals surface area (Å²) >= 11 is 0. The molecule has 1 fully saturated rings. The minimum atomic E-state index is -2.08. The SMILES string of the molecule is C=C(C)C[C@@H](CCC[C@H](O)/C=C/[C@H](C)[C@H](O[Si](CC)(CC)CC)[C@@H](C)[C@H]1O[C@@H](c2ccc(OC)cc2)O[C@@H]([C@@H](C)[C@H](C)O[Si](CC)(CC)C(C)C)[C@H]1C)OCc1ccc(OC)c(OC)c1. The van der Waals surface area contributed by atoms with Gasteiger partial charge in [0, 0.05) is 29.4 Å². The zero-order valence-corrected chi connectivity index (χ0v) is 45.6. The Balaban J connectivity index is 1.88. The number of methoxy groups -OCH3 is 3. The van der Waals surface area contributed by atoms with Crippen molar-refractivity contribution in [3.05, 3.63) is 77.9 Å². The Labute approximate surface area is 398 Å². The Kier molecular flexibility index (Phi) is 24.0. The quantitative estimate of drug-likeness (QED) is 0.0607. The van der Waals surface area contributed by atoms with E-state index in [2.05, 4.69) is 108 Å². The summed E-state index contributed by atoms with van der Waals surface area (Å²) < 4.78 is 51.8. The molecule has 0 spiro atoms. The van der Waals surface area contributed by atoms with Crippen LogP contribution in [0.1, 0.15) is 133 Å². The normalized spacial score (nSPS) is 21.7. The fraction of sp³-hybridized carbons (Fsp3) is 0.704. The van der Waals surface area contributed by atoms with Gasteiger partial charge in [0.05, 0.1) is 58.5 Å². The topological polar surface area (TPSA) is 94.1 Å². The summed E-state index contributed by atoms with van der Waals surface area (Å²) in [7, 11) is 0.931. The highest BCUT2D eigenvalue weighted by atomic mass is 28.4. The number of aliphatic hydroxyl groups excluding tert-OH is 1. The van der Waals surface area contributed by atoms with E-state index in [0.29, 0.717) is 30.1 Å². The smallest absolute Gasteiger partial charge is 0.195 e. The van der Waals surface area contributed by atoms with E-state index in [0.717, 1.165) is 71.9 Å². The molecule has 0 saturated carbocycles. The molecule has 65 heavy (non-hydrogen) atoms. The first-order valence-electron chi connectivity index (χ1n) is 25.0. The van der Waals surface area contributed by atoms with E-state index in [-0.39, 0.29) is 54.2 Å². The zero-order valence-electron chi connectivity index (χ0n) is 43.6. The Morgan fingerprint density at radius 2 is 1.35 bits per heavy atom. The summed E-state index contributed by atoms with van der Waals surface area (Å²) in [6.45, 7) is 34.3. The summed E-state index contributed by atoms with van der Waals surface area (Å²) in [5.74, 6) is 2.42. The highest BCUT2D eigenvalue weighted by Gasteiger charge is 2.48. The lowest BCUT2D eigenvalue weighted by Crippen LogP contribution is -2.55. The molecule has 1 aliphatic rings. The molecule has 2 aromatic rings. The summed E-state index contributed by atoms with van der Waals surface area (Å²) in [6.07, 6.45) is 5.70. The van der Waals surface area contributed by atoms with Crippen molar-refractivity contribution in [1.82, 2.24) is 0 Å². The number of hydrogen-bond acceptors (Lipinski definition) is 9. The van der Waals surface area contributed by atoms with Crippen LogP contribution in [-0.2, 0) is 29.7 Å². The average molecular weight is 941 g/mol. The number of ether oxygens (including phenoxy) is 6. The maximum Gasteiger partial charge on any atom is 0.195 e. The summed E-state index contributed by atoms with van der Waals surface area (Å²) in [5.41, 5.74) is 3.59. The maximum absolute atomic E-state index is 11.4. The molecule has 0 amide bonds. The molecule has 1 heterocycles. The van der Waals surface area contributed by atoms with Gasteiger partial charge in [0.2, 0.25) is 0 Å². The van der Waals surface area contributed by atoms with Gasteiger partial charge in [0.25, 0.3) is 0 Å². The van der Waals surface area contributed by atoms with E-state index in [1.807, 2.05) is 43.3 Å². The fourth-order valence-corrected chi connectivity index (χ4v) is 16.7. The fourth-order valence-electron chi connectivity index (χ4n) is 10.0. The standard InChI is InChI=1S/C54H92O9Si2/c1-18-64(19-2,20-3)63-51(39(10)26-30-46(55)24-23-25-48(34-37(6)7)59-36-44-27-33-49(57-16)50(35-44)58-17)41(12)53-42(13)52(40(11)43(14)62-65(21-4,22-5)38(8)9)60-54(61-53)45-28-31-47(56-15)32-29-45/h26-33,35,38-43,46,48,51-55H,6,18-25,34,36H2,1-5,7-17H3/b30-26+/t39-,40-,41+,42+,43-,46-,48+,51-,52-,53+,54-/m0/s1. The van der Waals surface area contributed by atoms with Gasteiger partial charge in [-0.2, -0.15) is 0 Å². The molecule has 11 heteroatoms. The molecular weight excluding hydrogens is 849 g/mol. The lowest BCUT2D eigenvalue weighted by molar-refractivity contribution is -0.298. The second-order valence-electron chi connectivity index (χ2n) is 19.5. The van der Waals surface area contributed by atoms with Crippen molar-refractivity contribution in [2.45, 2.75) is 201 Å². The Morgan fingerprint density at radius 3 is 1.88 bits per heavy atom. The summed E-state index contributed by atoms with van der Waals surface area (Å²) in [4.78, 5) is 0. The van der Waals surface area contributed by atoms with Gasteiger partial charge in [0.15, 0.2) is 34.4 Å². The average Bonchev–Trinajstić information content (AvgIpc) is 3.31. The molecule has 0 unspecified atom stereocenters. The highest BCUT2D eigenvalue weighted by molar-refractivity contribution is 6.75. The second kappa shape index (κ2) is 27.5. The van der Waals surface area contributed by atoms with Crippen molar-refractivity contribution in [1.29, 1.82) is 0 Å². The predicted octanol–water partition coefficient (Wildman–Crippen LogP) is 13.9. The largest absolute Gasteiger partial charge is 0.497 e. The molecule has 1 N–H and O–H groups in total. The number of rotatable bonds is 30. The molecular formula is C54H92O9Si2. The van der Waals surface area contributed by atoms with E-state index in [1.54, 1.807) is 21.3 Å². The van der Waals surface area contributed by atoms with Crippen LogP contribution in [0.4, 0.5) is 0 Å². The van der Waals surface area contributed by atoms with Crippen LogP contribution in [0.2, 0.25) is 35.8 Å². The van der Waals surface area contributed by atoms with Crippen molar-refractivity contribution in [2.24, 2.45) is 23.7 Å². The highest BCUT2D eigenvalue weighted by Crippen LogP contribution is 2.44. The molecule has 9 nitrogen and oxygen atoms in total. The van der Waals surface area contributed by atoms with Gasteiger partial charge in [-0.1, -0.05) is 112 Å². The molecule has 0 bridgehead atoms. The van der Waals surface area contributed by atoms with Gasteiger partial charge in [-0.15, -0.1) is 6.58 Å². The Morgan fingerprint density at radius 1 is 0.754 bits per heavy atom. The summed E-state index contributed by atoms with van der Waals surface area (Å²) in [5, 5.41) is 11.4. The van der Waals surface area contributed by atoms with Gasteiger partial charge in [-0.05, 0) is 111 Å². The Hall–Kier alpha value is -2.49. The Bertz CT molecular complexity index is 1680. The van der Waals surface area contributed by atoms with Crippen LogP contribution in [0.25, 0.3) is 0 Å². The molecule has 0 aromatic heterocycles. The van der Waals surface area contributed by atoms with E-state index < -0.39 is 29.0 Å². The van der Waals surface area contributed by atoms with E-state index >= 15 is 0 Å². The van der Waals surface area contributed by atoms with Crippen molar-refractivity contribution in [3.8, 4) is 17.2 Å². The molecule has 2 aromatic carbocycles. The van der Waals surface area contributed by atoms with Gasteiger partial charge in [0.1, 0.15) is 5.75 Å². The zero-order chi connectivity index (χ0) is 48.5. The second-order valence-corrected chi connectivity index (χ2v) is 29.1. The third kappa shape index (κ3) is 15.8. The number of hydrogen-bond donors (Lipinski definition) is 1. The van der Waals surface area contributed by atoms with E-state index in [1.165, 1.54) is 0 Å². The van der Waals surface area contributed by atoms with Crippen LogP contribution >= 0.6 is 0 Å². The minimum absolute atomic E-state index is 0.00745. The lowest BCUT2D eigenvalue weighted by Gasteiger charge is -2.49. The van der Waals surface area contributed by atoms with E-state index in [9.17, 15) is 5.11 Å². The number of aliphatic hydroxyl groups is 1. The molecule has 3 rings (SSSR count). The van der Waals surface area contributed by atoms with Crippen LogP contribution in [-0.4, -0.2) is 79.7 Å². The molecule has 1 aliphatic heterocycles. The molecule has 370 valence electrons. The van der Waals surface area contributed by atoms with Crippen LogP contribution in [0.15, 0.2) is 66.8 Å². The van der Waals surface area contributed by atoms with Crippen LogP contribution in [0, 0.1) is 23.7 Å². The van der Waals surface area contributed by atoms with Gasteiger partial charge in [-0.25, -0.2) is 0 Å². The third-order valence-corrected chi connectivity index (χ3v) is 24.9. The lowest BCUT2D eigenvalue weighted by atomic mass is 9.77. The van der Waals surface area contributed by atoms with Gasteiger partial charge in [-0.3, -0.25) is 0 Å². The predicted molar refractivity (Wildman–Crippen MR) is 273 cm³/mol. The summed E-state index contributed by atoms with van der Waals surface area (Å²) in [6, 6.07) is 19.3. The molecule has 0 radical (unpaired) electrons. The van der Waals surface area contributed by atoms with Crippen LogP contribution in [0.5, 0.6) is 17.2 Å². The minimum Gasteiger partial charge on any atom is -0.497 e. The van der Waals surface area contributed by atoms with Crippen LogP contribution in [0.3, 0.4) is 0 Å². The molecule has 0 aliphatic carbocycles. The van der Waals surface area contributed by atoms with E-state index in [4.69, 9.17) is 37.3 Å². The third-order valence-electron chi connectivity index (χ3n) is 15.0. The number of benzene rings is 2. The maximum atomic E-state index is 11.4. The first-order valence-corrected chi connectivity index (χ1v) is 30.0. The monoisotopic (exact) mass is 941 g/mol.